The second kappa shape index (κ2) is 5.97. The fourth-order valence-electron chi connectivity index (χ4n) is 2.55. The van der Waals surface area contributed by atoms with Crippen molar-refractivity contribution in [2.24, 2.45) is 0 Å². The number of carbonyl (C=O) groups is 1. The Morgan fingerprint density at radius 3 is 3.04 bits per heavy atom. The van der Waals surface area contributed by atoms with Gasteiger partial charge in [0.2, 0.25) is 0 Å². The molecular weight excluding hydrogens is 294 g/mol. The Morgan fingerprint density at radius 1 is 1.48 bits per heavy atom. The third-order valence-corrected chi connectivity index (χ3v) is 3.71. The lowest BCUT2D eigenvalue weighted by Gasteiger charge is -2.03. The third-order valence-electron chi connectivity index (χ3n) is 3.71. The lowest BCUT2D eigenvalue weighted by Crippen LogP contribution is -2.08. The van der Waals surface area contributed by atoms with Gasteiger partial charge >= 0.3 is 5.97 Å². The molecule has 0 aromatic carbocycles. The summed E-state index contributed by atoms with van der Waals surface area (Å²) in [6.45, 7) is 3.59. The molecule has 0 saturated carbocycles. The molecular formula is C17H15N3O3. The predicted octanol–water partition coefficient (Wildman–Crippen LogP) is 3.03. The Balaban J connectivity index is 1.85. The number of aryl methyl sites for hydroxylation is 2. The van der Waals surface area contributed by atoms with E-state index < -0.39 is 5.97 Å². The zero-order valence-electron chi connectivity index (χ0n) is 12.9. The van der Waals surface area contributed by atoms with Crippen LogP contribution in [0.15, 0.2) is 35.1 Å². The Labute approximate surface area is 132 Å². The molecule has 116 valence electrons. The van der Waals surface area contributed by atoms with Gasteiger partial charge in [-0.05, 0) is 25.5 Å². The van der Waals surface area contributed by atoms with Crippen molar-refractivity contribution in [3.8, 4) is 6.07 Å². The van der Waals surface area contributed by atoms with Crippen LogP contribution in [0.4, 0.5) is 0 Å². The van der Waals surface area contributed by atoms with E-state index in [0.29, 0.717) is 34.6 Å². The smallest absolute Gasteiger partial charge is 0.344 e. The van der Waals surface area contributed by atoms with Crippen molar-refractivity contribution < 1.29 is 14.1 Å². The fraction of sp³-hybridized carbons (Fsp3) is 0.235. The van der Waals surface area contributed by atoms with Gasteiger partial charge in [0.15, 0.2) is 0 Å². The van der Waals surface area contributed by atoms with Crippen LogP contribution >= 0.6 is 0 Å². The highest BCUT2D eigenvalue weighted by atomic mass is 16.5. The van der Waals surface area contributed by atoms with Crippen LogP contribution in [0, 0.1) is 18.3 Å². The Morgan fingerprint density at radius 2 is 2.30 bits per heavy atom. The number of pyridine rings is 1. The van der Waals surface area contributed by atoms with E-state index >= 15 is 0 Å². The first kappa shape index (κ1) is 14.9. The molecule has 0 aliphatic carbocycles. The standard InChI is InChI=1S/C17H15N3O3/c1-3-14-16(11(2)23-19-14)17(21)22-10-12-9-20-7-5-4-6-15(20)13(12)8-18/h4-7,9H,3,10H2,1-2H3. The molecule has 0 saturated heterocycles. The summed E-state index contributed by atoms with van der Waals surface area (Å²) in [5.41, 5.74) is 2.91. The maximum atomic E-state index is 12.3. The first-order chi connectivity index (χ1) is 11.2. The quantitative estimate of drug-likeness (QED) is 0.692. The SMILES string of the molecule is CCc1noc(C)c1C(=O)OCc1cn2ccccc2c1C#N. The normalized spacial score (nSPS) is 10.7. The second-order valence-corrected chi connectivity index (χ2v) is 5.12. The molecule has 0 aliphatic heterocycles. The first-order valence-corrected chi connectivity index (χ1v) is 7.26. The minimum atomic E-state index is -0.486. The van der Waals surface area contributed by atoms with Gasteiger partial charge in [-0.15, -0.1) is 0 Å². The molecule has 3 heterocycles. The molecule has 0 radical (unpaired) electrons. The van der Waals surface area contributed by atoms with Crippen molar-refractivity contribution in [1.82, 2.24) is 9.56 Å². The Kier molecular flexibility index (Phi) is 3.85. The van der Waals surface area contributed by atoms with Crippen molar-refractivity contribution in [3.05, 3.63) is 58.7 Å². The van der Waals surface area contributed by atoms with Gasteiger partial charge in [-0.1, -0.05) is 18.1 Å². The van der Waals surface area contributed by atoms with Crippen molar-refractivity contribution in [1.29, 1.82) is 5.26 Å². The van der Waals surface area contributed by atoms with Crippen molar-refractivity contribution in [2.45, 2.75) is 26.9 Å². The Bertz CT molecular complexity index is 915. The van der Waals surface area contributed by atoms with Crippen LogP contribution in [0.3, 0.4) is 0 Å². The number of fused-ring (bicyclic) bond motifs is 1. The largest absolute Gasteiger partial charge is 0.457 e. The van der Waals surface area contributed by atoms with E-state index in [0.717, 1.165) is 5.52 Å². The van der Waals surface area contributed by atoms with Crippen LogP contribution in [-0.2, 0) is 17.8 Å². The van der Waals surface area contributed by atoms with Crippen molar-refractivity contribution in [3.63, 3.8) is 0 Å². The average Bonchev–Trinajstić information content (AvgIpc) is 3.12. The van der Waals surface area contributed by atoms with Crippen LogP contribution in [0.25, 0.3) is 5.52 Å². The molecule has 0 fully saturated rings. The number of carbonyl (C=O) groups excluding carboxylic acids is 1. The molecule has 0 amide bonds. The molecule has 0 unspecified atom stereocenters. The Hall–Kier alpha value is -3.07. The van der Waals surface area contributed by atoms with Crippen molar-refractivity contribution >= 4 is 11.5 Å². The van der Waals surface area contributed by atoms with Gasteiger partial charge in [0.1, 0.15) is 24.0 Å². The molecule has 6 heteroatoms. The number of esters is 1. The van der Waals surface area contributed by atoms with E-state index in [2.05, 4.69) is 11.2 Å². The number of nitriles is 1. The summed E-state index contributed by atoms with van der Waals surface area (Å²) in [7, 11) is 0. The van der Waals surface area contributed by atoms with Crippen molar-refractivity contribution in [2.75, 3.05) is 0 Å². The lowest BCUT2D eigenvalue weighted by molar-refractivity contribution is 0.0469. The van der Waals surface area contributed by atoms with E-state index in [-0.39, 0.29) is 6.61 Å². The summed E-state index contributed by atoms with van der Waals surface area (Å²) in [5, 5.41) is 13.2. The molecule has 0 aliphatic rings. The molecule has 3 rings (SSSR count). The van der Waals surface area contributed by atoms with Crippen LogP contribution in [0.1, 0.15) is 39.9 Å². The highest BCUT2D eigenvalue weighted by Crippen LogP contribution is 2.20. The number of ether oxygens (including phenoxy) is 1. The summed E-state index contributed by atoms with van der Waals surface area (Å²) in [4.78, 5) is 12.3. The van der Waals surface area contributed by atoms with Crippen LogP contribution in [0.5, 0.6) is 0 Å². The van der Waals surface area contributed by atoms with E-state index in [1.54, 1.807) is 13.1 Å². The summed E-state index contributed by atoms with van der Waals surface area (Å²) in [6.07, 6.45) is 4.23. The van der Waals surface area contributed by atoms with Gasteiger partial charge in [-0.3, -0.25) is 0 Å². The summed E-state index contributed by atoms with van der Waals surface area (Å²) in [6, 6.07) is 7.75. The van der Waals surface area contributed by atoms with Crippen LogP contribution in [0.2, 0.25) is 0 Å². The monoisotopic (exact) mass is 309 g/mol. The van der Waals surface area contributed by atoms with Gasteiger partial charge in [0.05, 0.1) is 16.8 Å². The molecule has 0 bridgehead atoms. The number of nitrogens with zero attached hydrogens (tertiary/aromatic N) is 3. The van der Waals surface area contributed by atoms with Gasteiger partial charge in [0.25, 0.3) is 0 Å². The number of hydrogen-bond acceptors (Lipinski definition) is 5. The second-order valence-electron chi connectivity index (χ2n) is 5.12. The molecule has 0 spiro atoms. The third kappa shape index (κ3) is 2.57. The van der Waals surface area contributed by atoms with Gasteiger partial charge in [0, 0.05) is 18.0 Å². The molecule has 3 aromatic rings. The molecule has 23 heavy (non-hydrogen) atoms. The minimum absolute atomic E-state index is 0.0250. The highest BCUT2D eigenvalue weighted by Gasteiger charge is 2.21. The predicted molar refractivity (Wildman–Crippen MR) is 81.8 cm³/mol. The molecule has 3 aromatic heterocycles. The zero-order chi connectivity index (χ0) is 16.4. The van der Waals surface area contributed by atoms with Gasteiger partial charge in [-0.25, -0.2) is 4.79 Å². The van der Waals surface area contributed by atoms with E-state index in [1.165, 1.54) is 0 Å². The first-order valence-electron chi connectivity index (χ1n) is 7.26. The number of hydrogen-bond donors (Lipinski definition) is 0. The summed E-state index contributed by atoms with van der Waals surface area (Å²) in [5.74, 6) is -0.0471. The van der Waals surface area contributed by atoms with Crippen LogP contribution in [-0.4, -0.2) is 15.5 Å². The molecule has 6 nitrogen and oxygen atoms in total. The van der Waals surface area contributed by atoms with E-state index in [9.17, 15) is 10.1 Å². The maximum absolute atomic E-state index is 12.3. The number of rotatable bonds is 4. The summed E-state index contributed by atoms with van der Waals surface area (Å²) >= 11 is 0. The zero-order valence-corrected chi connectivity index (χ0v) is 12.9. The molecule has 0 N–H and O–H groups in total. The lowest BCUT2D eigenvalue weighted by atomic mass is 10.1. The summed E-state index contributed by atoms with van der Waals surface area (Å²) < 4.78 is 12.2. The highest BCUT2D eigenvalue weighted by molar-refractivity contribution is 5.91. The maximum Gasteiger partial charge on any atom is 0.344 e. The van der Waals surface area contributed by atoms with E-state index in [1.807, 2.05) is 35.7 Å². The average molecular weight is 309 g/mol. The topological polar surface area (TPSA) is 80.5 Å². The fourth-order valence-corrected chi connectivity index (χ4v) is 2.55. The minimum Gasteiger partial charge on any atom is -0.457 e. The number of aromatic nitrogens is 2. The van der Waals surface area contributed by atoms with Crippen LogP contribution < -0.4 is 0 Å². The molecule has 0 atom stereocenters. The van der Waals surface area contributed by atoms with E-state index in [4.69, 9.17) is 9.26 Å². The van der Waals surface area contributed by atoms with Gasteiger partial charge in [-0.2, -0.15) is 5.26 Å². The van der Waals surface area contributed by atoms with Gasteiger partial charge < -0.3 is 13.7 Å².